The van der Waals surface area contributed by atoms with Gasteiger partial charge in [0.15, 0.2) is 12.2 Å². The monoisotopic (exact) mass is 1390 g/mol. The Hall–Kier alpha value is -4.28. The summed E-state index contributed by atoms with van der Waals surface area (Å²) >= 11 is 0. The van der Waals surface area contributed by atoms with E-state index in [1.54, 1.807) is 0 Å². The van der Waals surface area contributed by atoms with Crippen molar-refractivity contribution in [3.05, 3.63) is 109 Å². The Balaban J connectivity index is 5.38. The first-order valence-electron chi connectivity index (χ1n) is 37.1. The Morgan fingerprint density at radius 1 is 0.302 bits per heavy atom. The zero-order valence-electron chi connectivity index (χ0n) is 60.0. The predicted molar refractivity (Wildman–Crippen MR) is 390 cm³/mol. The van der Waals surface area contributed by atoms with Gasteiger partial charge < -0.3 is 33.8 Å². The standard InChI is InChI=1S/C77H132O17P2/c1-5-9-13-17-21-25-29-32-34-35-37-39-43-46-50-54-58-62-75(80)88-68-73(94-77(82)64-60-56-52-48-44-40-36-33-30-26-22-18-14-10-6-2)70-92-96(85,86)90-66-71(78)65-89-95(83,84)91-69-72(93-76(81)63-59-55-51-47-41-28-24-20-16-12-8-4)67-87-74(79)61-57-53-49-45-42-38-31-27-23-19-15-11-7-3/h9-10,13-14,20-22,24-26,32-34,36-37,39,44,48,71-73,78H,5-8,11-12,15-19,23,27-31,35,38,40-43,45-47,49-70H2,1-4H3,(H,83,84)(H,85,86)/b13-9-,14-10-,24-20-,25-21-,26-22-,34-32-,36-33-,39-37-,48-44-. The second kappa shape index (κ2) is 69.2. The molecule has 17 nitrogen and oxygen atoms in total. The molecule has 0 spiro atoms. The molecule has 0 aliphatic heterocycles. The average Bonchev–Trinajstić information content (AvgIpc) is 2.18. The SMILES string of the molecule is CC/C=C\C/C=C\C/C=C\C/C=C\CCCCCCC(=O)OCC(COP(=O)(O)OCC(O)COP(=O)(O)OCC(COC(=O)CCCCCCCCCCCCCCC)OC(=O)CCCCCCC/C=C\CCCC)OC(=O)CCCC/C=C\C/C=C\C/C=C\C/C=C\CC. The minimum absolute atomic E-state index is 0.0354. The summed E-state index contributed by atoms with van der Waals surface area (Å²) in [7, 11) is -9.96. The van der Waals surface area contributed by atoms with Crippen molar-refractivity contribution >= 4 is 39.5 Å². The minimum Gasteiger partial charge on any atom is -0.462 e. The molecule has 0 saturated heterocycles. The third kappa shape index (κ3) is 68.3. The van der Waals surface area contributed by atoms with Gasteiger partial charge >= 0.3 is 39.5 Å². The van der Waals surface area contributed by atoms with Crippen LogP contribution in [-0.4, -0.2) is 96.7 Å². The highest BCUT2D eigenvalue weighted by atomic mass is 31.2. The number of phosphoric ester groups is 2. The number of hydrogen-bond donors (Lipinski definition) is 3. The van der Waals surface area contributed by atoms with Crippen molar-refractivity contribution in [2.24, 2.45) is 0 Å². The summed E-state index contributed by atoms with van der Waals surface area (Å²) in [5.41, 5.74) is 0. The van der Waals surface area contributed by atoms with Crippen molar-refractivity contribution in [1.29, 1.82) is 0 Å². The van der Waals surface area contributed by atoms with Crippen molar-refractivity contribution in [3.63, 3.8) is 0 Å². The molecule has 19 heteroatoms. The molecule has 5 atom stereocenters. The summed E-state index contributed by atoms with van der Waals surface area (Å²) in [6, 6.07) is 0. The van der Waals surface area contributed by atoms with Gasteiger partial charge in [0.05, 0.1) is 26.4 Å². The van der Waals surface area contributed by atoms with E-state index in [2.05, 4.69) is 137 Å². The first kappa shape index (κ1) is 91.7. The second-order valence-corrected chi connectivity index (χ2v) is 27.4. The first-order chi connectivity index (χ1) is 46.7. The van der Waals surface area contributed by atoms with Crippen LogP contribution in [0.15, 0.2) is 109 Å². The number of aliphatic hydroxyl groups excluding tert-OH is 1. The van der Waals surface area contributed by atoms with Crippen LogP contribution in [0.4, 0.5) is 0 Å². The van der Waals surface area contributed by atoms with Crippen LogP contribution in [0.2, 0.25) is 0 Å². The molecular weight excluding hydrogens is 1260 g/mol. The van der Waals surface area contributed by atoms with Crippen molar-refractivity contribution in [3.8, 4) is 0 Å². The maximum Gasteiger partial charge on any atom is 0.472 e. The maximum absolute atomic E-state index is 13.1. The van der Waals surface area contributed by atoms with Gasteiger partial charge in [0.2, 0.25) is 0 Å². The number of aliphatic hydroxyl groups is 1. The quantitative estimate of drug-likeness (QED) is 0.0169. The molecule has 552 valence electrons. The van der Waals surface area contributed by atoms with Crippen LogP contribution >= 0.6 is 15.6 Å². The summed E-state index contributed by atoms with van der Waals surface area (Å²) in [6.45, 7) is 4.52. The molecule has 0 heterocycles. The van der Waals surface area contributed by atoms with Gasteiger partial charge in [-0.1, -0.05) is 259 Å². The van der Waals surface area contributed by atoms with Crippen LogP contribution in [0.25, 0.3) is 0 Å². The fourth-order valence-corrected chi connectivity index (χ4v) is 11.2. The predicted octanol–water partition coefficient (Wildman–Crippen LogP) is 21.0. The number of hydrogen-bond acceptors (Lipinski definition) is 15. The van der Waals surface area contributed by atoms with Crippen LogP contribution in [-0.2, 0) is 65.4 Å². The van der Waals surface area contributed by atoms with E-state index in [-0.39, 0.29) is 25.7 Å². The topological polar surface area (TPSA) is 237 Å². The van der Waals surface area contributed by atoms with Crippen LogP contribution in [0.5, 0.6) is 0 Å². The second-order valence-electron chi connectivity index (χ2n) is 24.5. The Bertz CT molecular complexity index is 2250. The van der Waals surface area contributed by atoms with Crippen molar-refractivity contribution in [1.82, 2.24) is 0 Å². The highest BCUT2D eigenvalue weighted by Gasteiger charge is 2.30. The van der Waals surface area contributed by atoms with E-state index in [1.807, 2.05) is 0 Å². The summed E-state index contributed by atoms with van der Waals surface area (Å²) in [5.74, 6) is -2.25. The molecule has 0 aromatic rings. The van der Waals surface area contributed by atoms with E-state index in [4.69, 9.17) is 37.0 Å². The number of allylic oxidation sites excluding steroid dienone is 18. The molecule has 0 aromatic carbocycles. The van der Waals surface area contributed by atoms with Crippen LogP contribution in [0.3, 0.4) is 0 Å². The highest BCUT2D eigenvalue weighted by molar-refractivity contribution is 7.47. The Kier molecular flexibility index (Phi) is 66.1. The van der Waals surface area contributed by atoms with E-state index >= 15 is 0 Å². The molecule has 0 bridgehead atoms. The molecule has 0 saturated carbocycles. The average molecular weight is 1390 g/mol. The van der Waals surface area contributed by atoms with Crippen molar-refractivity contribution < 1.29 is 80.2 Å². The van der Waals surface area contributed by atoms with Gasteiger partial charge in [-0.15, -0.1) is 0 Å². The van der Waals surface area contributed by atoms with E-state index < -0.39 is 97.5 Å². The number of ether oxygens (including phenoxy) is 4. The molecule has 0 aliphatic carbocycles. The lowest BCUT2D eigenvalue weighted by Gasteiger charge is -2.21. The number of rotatable bonds is 69. The lowest BCUT2D eigenvalue weighted by Crippen LogP contribution is -2.30. The van der Waals surface area contributed by atoms with Crippen molar-refractivity contribution in [2.75, 3.05) is 39.6 Å². The largest absolute Gasteiger partial charge is 0.472 e. The smallest absolute Gasteiger partial charge is 0.462 e. The molecule has 96 heavy (non-hydrogen) atoms. The number of esters is 4. The third-order valence-electron chi connectivity index (χ3n) is 15.2. The summed E-state index contributed by atoms with van der Waals surface area (Å²) < 4.78 is 68.3. The van der Waals surface area contributed by atoms with Gasteiger partial charge in [-0.3, -0.25) is 37.3 Å². The van der Waals surface area contributed by atoms with E-state index in [9.17, 15) is 43.2 Å². The Morgan fingerprint density at radius 3 is 0.896 bits per heavy atom. The molecule has 0 rings (SSSR count). The van der Waals surface area contributed by atoms with Crippen LogP contribution in [0, 0.1) is 0 Å². The maximum atomic E-state index is 13.1. The zero-order chi connectivity index (χ0) is 70.4. The van der Waals surface area contributed by atoms with Gasteiger partial charge in [-0.05, 0) is 122 Å². The molecule has 0 amide bonds. The lowest BCUT2D eigenvalue weighted by molar-refractivity contribution is -0.161. The van der Waals surface area contributed by atoms with E-state index in [0.717, 1.165) is 141 Å². The number of carbonyl (C=O) groups is 4. The highest BCUT2D eigenvalue weighted by Crippen LogP contribution is 2.45. The Morgan fingerprint density at radius 2 is 0.552 bits per heavy atom. The van der Waals surface area contributed by atoms with Gasteiger partial charge in [0, 0.05) is 25.7 Å². The fraction of sp³-hybridized carbons (Fsp3) is 0.714. The van der Waals surface area contributed by atoms with E-state index in [0.29, 0.717) is 32.1 Å². The van der Waals surface area contributed by atoms with Crippen molar-refractivity contribution in [2.45, 2.75) is 316 Å². The number of carbonyl (C=O) groups excluding carboxylic acids is 4. The number of unbranched alkanes of at least 4 members (excludes halogenated alkanes) is 25. The summed E-state index contributed by atoms with van der Waals surface area (Å²) in [4.78, 5) is 72.7. The lowest BCUT2D eigenvalue weighted by atomic mass is 10.0. The van der Waals surface area contributed by atoms with Gasteiger partial charge in [0.1, 0.15) is 19.3 Å². The third-order valence-corrected chi connectivity index (χ3v) is 17.1. The summed E-state index contributed by atoms with van der Waals surface area (Å²) in [6.07, 6.45) is 72.4. The van der Waals surface area contributed by atoms with Gasteiger partial charge in [-0.25, -0.2) is 9.13 Å². The molecule has 5 unspecified atom stereocenters. The molecule has 0 radical (unpaired) electrons. The molecule has 3 N–H and O–H groups in total. The minimum atomic E-state index is -4.99. The van der Waals surface area contributed by atoms with Gasteiger partial charge in [-0.2, -0.15) is 0 Å². The fourth-order valence-electron chi connectivity index (χ4n) is 9.59. The molecule has 0 aromatic heterocycles. The summed E-state index contributed by atoms with van der Waals surface area (Å²) in [5, 5.41) is 10.6. The number of phosphoric acid groups is 2. The molecule has 0 aliphatic rings. The van der Waals surface area contributed by atoms with Crippen LogP contribution in [0.1, 0.15) is 297 Å². The van der Waals surface area contributed by atoms with Gasteiger partial charge in [0.25, 0.3) is 0 Å². The Labute approximate surface area is 581 Å². The molecular formula is C77H132O17P2. The van der Waals surface area contributed by atoms with Crippen LogP contribution < -0.4 is 0 Å². The first-order valence-corrected chi connectivity index (χ1v) is 40.1. The van der Waals surface area contributed by atoms with E-state index in [1.165, 1.54) is 70.6 Å². The normalized spacial score (nSPS) is 14.6. The zero-order valence-corrected chi connectivity index (χ0v) is 61.8. The molecule has 0 fully saturated rings.